The number of nitrogens with zero attached hydrogens (tertiary/aromatic N) is 1. The number of piperidine rings is 1. The number of benzene rings is 1. The van der Waals surface area contributed by atoms with Crippen molar-refractivity contribution in [1.29, 1.82) is 0 Å². The molecular weight excluding hydrogens is 478 g/mol. The molecule has 2 fully saturated rings. The minimum absolute atomic E-state index is 0.0395. The van der Waals surface area contributed by atoms with Crippen molar-refractivity contribution in [3.8, 4) is 11.5 Å². The molecule has 2 bridgehead atoms. The number of aliphatic carboxylic acids is 1. The zero-order valence-corrected chi connectivity index (χ0v) is 21.9. The number of rotatable bonds is 8. The number of likely N-dealkylation sites (tertiary alicyclic amines) is 1. The van der Waals surface area contributed by atoms with Crippen LogP contribution in [0.5, 0.6) is 11.5 Å². The molecule has 10 nitrogen and oxygen atoms in total. The Morgan fingerprint density at radius 2 is 2.05 bits per heavy atom. The van der Waals surface area contributed by atoms with Gasteiger partial charge in [0.1, 0.15) is 18.2 Å². The van der Waals surface area contributed by atoms with Crippen molar-refractivity contribution in [2.24, 2.45) is 11.8 Å². The van der Waals surface area contributed by atoms with Gasteiger partial charge in [-0.3, -0.25) is 4.79 Å². The maximum Gasteiger partial charge on any atom is 0.407 e. The maximum atomic E-state index is 12.8. The Balaban J connectivity index is 1.27. The first-order valence-electron chi connectivity index (χ1n) is 13.2. The fraction of sp³-hybridized carbons (Fsp3) is 0.667. The number of methoxy groups -OCH3 is 1. The van der Waals surface area contributed by atoms with E-state index in [1.807, 2.05) is 6.07 Å². The number of carbonyl (C=O) groups is 3. The first-order chi connectivity index (χ1) is 17.7. The van der Waals surface area contributed by atoms with Crippen LogP contribution in [-0.4, -0.2) is 79.5 Å². The summed E-state index contributed by atoms with van der Waals surface area (Å²) < 4.78 is 18.2. The van der Waals surface area contributed by atoms with Gasteiger partial charge in [0.2, 0.25) is 5.91 Å². The van der Waals surface area contributed by atoms with E-state index in [0.29, 0.717) is 24.1 Å². The van der Waals surface area contributed by atoms with Crippen LogP contribution >= 0.6 is 0 Å². The van der Waals surface area contributed by atoms with E-state index in [4.69, 9.17) is 14.2 Å². The molecule has 2 aliphatic heterocycles. The van der Waals surface area contributed by atoms with Crippen LogP contribution in [0.1, 0.15) is 50.7 Å². The fourth-order valence-corrected chi connectivity index (χ4v) is 7.18. The van der Waals surface area contributed by atoms with E-state index in [9.17, 15) is 19.5 Å². The number of ether oxygens (including phenoxy) is 3. The average molecular weight is 516 g/mol. The molecule has 1 saturated carbocycles. The van der Waals surface area contributed by atoms with Gasteiger partial charge in [0.05, 0.1) is 7.11 Å². The van der Waals surface area contributed by atoms with Crippen molar-refractivity contribution in [1.82, 2.24) is 15.5 Å². The number of likely N-dealkylation sites (N-methyl/N-ethyl adjacent to an activating group) is 1. The highest BCUT2D eigenvalue weighted by Crippen LogP contribution is 2.64. The second kappa shape index (κ2) is 9.70. The maximum absolute atomic E-state index is 12.8. The minimum Gasteiger partial charge on any atom is -0.493 e. The molecule has 2 unspecified atom stereocenters. The van der Waals surface area contributed by atoms with Crippen molar-refractivity contribution in [3.63, 3.8) is 0 Å². The number of carboxylic acids is 1. The molecule has 3 N–H and O–H groups in total. The number of amides is 2. The van der Waals surface area contributed by atoms with Gasteiger partial charge in [-0.05, 0) is 62.7 Å². The van der Waals surface area contributed by atoms with Gasteiger partial charge in [0.25, 0.3) is 0 Å². The molecule has 37 heavy (non-hydrogen) atoms. The SMILES string of the molecule is COc1ccc2c3c1O[C@H]1[C@@H](OC(=O)NCCC(=O)NC(C(=O)O)C(C)C)CCC4[C@@H](C2)N(C)CC[C@@]341. The monoisotopic (exact) mass is 515 g/mol. The van der Waals surface area contributed by atoms with Gasteiger partial charge < -0.3 is 34.9 Å². The van der Waals surface area contributed by atoms with E-state index in [0.717, 1.165) is 31.6 Å². The topological polar surface area (TPSA) is 126 Å². The molecule has 5 rings (SSSR count). The number of nitrogens with one attached hydrogen (secondary N) is 2. The van der Waals surface area contributed by atoms with Crippen LogP contribution in [0.4, 0.5) is 4.79 Å². The summed E-state index contributed by atoms with van der Waals surface area (Å²) in [7, 11) is 3.85. The number of carboxylic acid groups (broad SMARTS) is 1. The van der Waals surface area contributed by atoms with Gasteiger partial charge in [0, 0.05) is 30.0 Å². The molecule has 2 heterocycles. The quantitative estimate of drug-likeness (QED) is 0.480. The molecule has 4 aliphatic rings. The van der Waals surface area contributed by atoms with Gasteiger partial charge in [0.15, 0.2) is 11.5 Å². The summed E-state index contributed by atoms with van der Waals surface area (Å²) in [6.07, 6.45) is 2.22. The molecule has 10 heteroatoms. The zero-order chi connectivity index (χ0) is 26.5. The largest absolute Gasteiger partial charge is 0.493 e. The van der Waals surface area contributed by atoms with Crippen molar-refractivity contribution < 1.29 is 33.7 Å². The molecule has 1 aromatic rings. The van der Waals surface area contributed by atoms with E-state index >= 15 is 0 Å². The highest BCUT2D eigenvalue weighted by Gasteiger charge is 2.66. The first-order valence-corrected chi connectivity index (χ1v) is 13.2. The molecule has 1 spiro atoms. The van der Waals surface area contributed by atoms with Crippen LogP contribution in [0, 0.1) is 11.8 Å². The second-order valence-electron chi connectivity index (χ2n) is 11.1. The smallest absolute Gasteiger partial charge is 0.407 e. The molecule has 2 amide bonds. The van der Waals surface area contributed by atoms with Crippen LogP contribution < -0.4 is 20.1 Å². The normalized spacial score (nSPS) is 30.1. The number of carbonyl (C=O) groups excluding carboxylic acids is 2. The summed E-state index contributed by atoms with van der Waals surface area (Å²) in [5.41, 5.74) is 2.33. The Morgan fingerprint density at radius 3 is 2.76 bits per heavy atom. The highest BCUT2D eigenvalue weighted by atomic mass is 16.6. The van der Waals surface area contributed by atoms with Crippen LogP contribution in [0.15, 0.2) is 12.1 Å². The van der Waals surface area contributed by atoms with Crippen LogP contribution in [-0.2, 0) is 26.2 Å². The van der Waals surface area contributed by atoms with E-state index in [1.165, 1.54) is 11.1 Å². The summed E-state index contributed by atoms with van der Waals surface area (Å²) in [6.45, 7) is 4.46. The lowest BCUT2D eigenvalue weighted by Crippen LogP contribution is -2.66. The Kier molecular flexibility index (Phi) is 6.72. The summed E-state index contributed by atoms with van der Waals surface area (Å²) in [4.78, 5) is 38.7. The Labute approximate surface area is 217 Å². The Bertz CT molecular complexity index is 1090. The predicted molar refractivity (Wildman–Crippen MR) is 134 cm³/mol. The average Bonchev–Trinajstić information content (AvgIpc) is 3.20. The first kappa shape index (κ1) is 25.6. The van der Waals surface area contributed by atoms with E-state index in [1.54, 1.807) is 21.0 Å². The lowest BCUT2D eigenvalue weighted by molar-refractivity contribution is -0.143. The van der Waals surface area contributed by atoms with Gasteiger partial charge in [-0.1, -0.05) is 19.9 Å². The van der Waals surface area contributed by atoms with Gasteiger partial charge in [-0.25, -0.2) is 9.59 Å². The third-order valence-electron chi connectivity index (χ3n) is 8.87. The molecule has 0 aromatic heterocycles. The standard InChI is InChI=1S/C27H37N3O7/c1-14(2)22(25(32)33)29-20(31)9-11-28-26(34)36-19-8-6-16-17-13-15-5-7-18(35-4)23-21(15)27(16,24(19)37-23)10-12-30(17)3/h5,7,14,16-17,19,22,24H,6,8-13H2,1-4H3,(H,28,34)(H,29,31)(H,32,33)/t16?,17-,19+,22?,24+,27+/m1/s1. The van der Waals surface area contributed by atoms with Crippen LogP contribution in [0.3, 0.4) is 0 Å². The van der Waals surface area contributed by atoms with Gasteiger partial charge in [-0.15, -0.1) is 0 Å². The third kappa shape index (κ3) is 4.19. The van der Waals surface area contributed by atoms with Crippen molar-refractivity contribution in [3.05, 3.63) is 23.3 Å². The third-order valence-corrected chi connectivity index (χ3v) is 8.87. The number of hydrogen-bond acceptors (Lipinski definition) is 7. The minimum atomic E-state index is -1.08. The lowest BCUT2D eigenvalue weighted by Gasteiger charge is -2.58. The van der Waals surface area contributed by atoms with Crippen LogP contribution in [0.2, 0.25) is 0 Å². The molecule has 0 radical (unpaired) electrons. The zero-order valence-electron chi connectivity index (χ0n) is 21.9. The number of hydrogen-bond donors (Lipinski definition) is 3. The molecule has 6 atom stereocenters. The molecule has 2 aliphatic carbocycles. The molecule has 202 valence electrons. The van der Waals surface area contributed by atoms with Crippen molar-refractivity contribution in [2.45, 2.75) is 75.7 Å². The fourth-order valence-electron chi connectivity index (χ4n) is 7.18. The molecule has 1 aromatic carbocycles. The van der Waals surface area contributed by atoms with E-state index < -0.39 is 30.1 Å². The van der Waals surface area contributed by atoms with Gasteiger partial charge >= 0.3 is 12.1 Å². The summed E-state index contributed by atoms with van der Waals surface area (Å²) in [6, 6.07) is 3.59. The van der Waals surface area contributed by atoms with Gasteiger partial charge in [-0.2, -0.15) is 0 Å². The Morgan fingerprint density at radius 1 is 1.27 bits per heavy atom. The summed E-state index contributed by atoms with van der Waals surface area (Å²) >= 11 is 0. The predicted octanol–water partition coefficient (Wildman–Crippen LogP) is 2.07. The van der Waals surface area contributed by atoms with Crippen molar-refractivity contribution >= 4 is 18.0 Å². The van der Waals surface area contributed by atoms with E-state index in [-0.39, 0.29) is 30.4 Å². The Hall–Kier alpha value is -3.01. The summed E-state index contributed by atoms with van der Waals surface area (Å²) in [5.74, 6) is 0.170. The van der Waals surface area contributed by atoms with Crippen molar-refractivity contribution in [2.75, 3.05) is 27.2 Å². The number of alkyl carbamates (subject to hydrolysis) is 1. The molecule has 1 saturated heterocycles. The van der Waals surface area contributed by atoms with E-state index in [2.05, 4.69) is 28.6 Å². The summed E-state index contributed by atoms with van der Waals surface area (Å²) in [5, 5.41) is 14.4. The molecular formula is C27H37N3O7. The van der Waals surface area contributed by atoms with Crippen LogP contribution in [0.25, 0.3) is 0 Å². The lowest BCUT2D eigenvalue weighted by atomic mass is 9.51. The second-order valence-corrected chi connectivity index (χ2v) is 11.1. The highest BCUT2D eigenvalue weighted by molar-refractivity contribution is 5.84.